The van der Waals surface area contributed by atoms with Gasteiger partial charge in [0.2, 0.25) is 0 Å². The van der Waals surface area contributed by atoms with E-state index >= 15 is 0 Å². The number of carboxylic acid groups (broad SMARTS) is 1. The van der Waals surface area contributed by atoms with Crippen molar-refractivity contribution in [2.24, 2.45) is 0 Å². The molecule has 0 saturated heterocycles. The molecule has 0 aliphatic carbocycles. The first-order chi connectivity index (χ1) is 12.5. The zero-order valence-corrected chi connectivity index (χ0v) is 14.6. The van der Waals surface area contributed by atoms with Gasteiger partial charge in [-0.05, 0) is 28.6 Å². The highest BCUT2D eigenvalue weighted by Gasteiger charge is 2.20. The Morgan fingerprint density at radius 2 is 1.96 bits per heavy atom. The minimum atomic E-state index is -1.23. The number of aliphatic hydroxyl groups excluding tert-OH is 2. The number of aliphatic hydroxyl groups is 2. The number of benzene rings is 1. The van der Waals surface area contributed by atoms with E-state index in [1.165, 1.54) is 17.4 Å². The van der Waals surface area contributed by atoms with Crippen molar-refractivity contribution in [1.29, 1.82) is 0 Å². The highest BCUT2D eigenvalue weighted by molar-refractivity contribution is 7.11. The molecule has 0 saturated carbocycles. The number of amides is 1. The van der Waals surface area contributed by atoms with Crippen LogP contribution in [-0.2, 0) is 16.1 Å². The summed E-state index contributed by atoms with van der Waals surface area (Å²) in [7, 11) is 0. The Morgan fingerprint density at radius 3 is 2.65 bits per heavy atom. The summed E-state index contributed by atoms with van der Waals surface area (Å²) in [5, 5.41) is 32.7. The molecule has 0 fully saturated rings. The Labute approximate surface area is 154 Å². The van der Waals surface area contributed by atoms with Crippen LogP contribution in [0.15, 0.2) is 47.9 Å². The molecule has 1 aromatic carbocycles. The first-order valence-electron chi connectivity index (χ1n) is 7.76. The molecule has 1 heterocycles. The fourth-order valence-corrected chi connectivity index (χ4v) is 2.89. The molecule has 4 N–H and O–H groups in total. The van der Waals surface area contributed by atoms with Crippen molar-refractivity contribution in [2.45, 2.75) is 18.8 Å². The second-order valence-electron chi connectivity index (χ2n) is 5.41. The van der Waals surface area contributed by atoms with Crippen molar-refractivity contribution in [3.63, 3.8) is 0 Å². The lowest BCUT2D eigenvalue weighted by Gasteiger charge is -2.17. The van der Waals surface area contributed by atoms with E-state index in [2.05, 4.69) is 5.32 Å². The molecule has 1 amide bonds. The van der Waals surface area contributed by atoms with Crippen LogP contribution >= 0.6 is 11.3 Å². The zero-order valence-electron chi connectivity index (χ0n) is 13.7. The number of carboxylic acids is 1. The molecule has 0 aliphatic heterocycles. The molecule has 0 bridgehead atoms. The molecule has 2 rings (SSSR count). The van der Waals surface area contributed by atoms with Gasteiger partial charge in [-0.2, -0.15) is 0 Å². The monoisotopic (exact) mass is 377 g/mol. The lowest BCUT2D eigenvalue weighted by atomic mass is 10.1. The summed E-state index contributed by atoms with van der Waals surface area (Å²) in [5.41, 5.74) is 1.27. The average molecular weight is 377 g/mol. The molecule has 0 radical (unpaired) electrons. The van der Waals surface area contributed by atoms with Gasteiger partial charge in [-0.25, -0.2) is 9.59 Å². The number of ether oxygens (including phenoxy) is 1. The first-order valence-corrected chi connectivity index (χ1v) is 8.64. The van der Waals surface area contributed by atoms with Crippen LogP contribution in [-0.4, -0.2) is 40.0 Å². The summed E-state index contributed by atoms with van der Waals surface area (Å²) in [6.45, 7) is -0.0833. The second kappa shape index (κ2) is 9.71. The van der Waals surface area contributed by atoms with Gasteiger partial charge < -0.3 is 25.4 Å². The quantitative estimate of drug-likeness (QED) is 0.524. The van der Waals surface area contributed by atoms with Gasteiger partial charge >= 0.3 is 12.1 Å². The maximum Gasteiger partial charge on any atom is 0.407 e. The van der Waals surface area contributed by atoms with Crippen LogP contribution in [0.4, 0.5) is 4.79 Å². The van der Waals surface area contributed by atoms with Gasteiger partial charge in [0.05, 0.1) is 0 Å². The molecule has 26 heavy (non-hydrogen) atoms. The van der Waals surface area contributed by atoms with Gasteiger partial charge in [-0.15, -0.1) is 11.3 Å². The standard InChI is InChI=1S/C18H19NO6S/c20-15(9-19-18(24)25-10-12-4-2-1-3-5-12)17(23)13-8-14(26-11-13)6-7-16(21)22/h1-8,11,15,17,20,23H,9-10H2,(H,19,24)(H,21,22)/b7-6+. The van der Waals surface area contributed by atoms with Crippen LogP contribution in [0.25, 0.3) is 6.08 Å². The smallest absolute Gasteiger partial charge is 0.407 e. The van der Waals surface area contributed by atoms with Crippen molar-refractivity contribution in [1.82, 2.24) is 5.32 Å². The van der Waals surface area contributed by atoms with E-state index in [1.54, 1.807) is 11.4 Å². The fourth-order valence-electron chi connectivity index (χ4n) is 2.06. The zero-order chi connectivity index (χ0) is 18.9. The van der Waals surface area contributed by atoms with E-state index < -0.39 is 24.3 Å². The molecule has 2 atom stereocenters. The van der Waals surface area contributed by atoms with E-state index in [0.717, 1.165) is 11.6 Å². The molecule has 1 aromatic heterocycles. The number of hydrogen-bond acceptors (Lipinski definition) is 6. The predicted octanol–water partition coefficient (Wildman–Crippen LogP) is 2.17. The third-order valence-corrected chi connectivity index (χ3v) is 4.32. The van der Waals surface area contributed by atoms with E-state index in [0.29, 0.717) is 10.4 Å². The van der Waals surface area contributed by atoms with Gasteiger partial charge in [0.25, 0.3) is 0 Å². The number of thiophene rings is 1. The maximum absolute atomic E-state index is 11.6. The van der Waals surface area contributed by atoms with E-state index in [9.17, 15) is 19.8 Å². The number of hydrogen-bond donors (Lipinski definition) is 4. The molecular weight excluding hydrogens is 358 g/mol. The molecule has 0 spiro atoms. The van der Waals surface area contributed by atoms with Crippen molar-refractivity contribution in [2.75, 3.05) is 6.54 Å². The Kier molecular flexibility index (Phi) is 7.34. The number of carbonyl (C=O) groups excluding carboxylic acids is 1. The molecule has 2 aromatic rings. The summed E-state index contributed by atoms with van der Waals surface area (Å²) >= 11 is 1.23. The Hall–Kier alpha value is -2.68. The summed E-state index contributed by atoms with van der Waals surface area (Å²) < 4.78 is 5.02. The molecule has 138 valence electrons. The highest BCUT2D eigenvalue weighted by Crippen LogP contribution is 2.24. The minimum Gasteiger partial charge on any atom is -0.478 e. The van der Waals surface area contributed by atoms with Crippen LogP contribution in [0.3, 0.4) is 0 Å². The lowest BCUT2D eigenvalue weighted by Crippen LogP contribution is -2.35. The summed E-state index contributed by atoms with van der Waals surface area (Å²) in [6.07, 6.45) is -0.759. The number of alkyl carbamates (subject to hydrolysis) is 1. The van der Waals surface area contributed by atoms with E-state index in [4.69, 9.17) is 9.84 Å². The first kappa shape index (κ1) is 19.6. The van der Waals surface area contributed by atoms with Gasteiger partial charge in [0, 0.05) is 17.5 Å². The SMILES string of the molecule is O=C(O)/C=C/c1cc(C(O)C(O)CNC(=O)OCc2ccccc2)cs1. The normalized spacial score (nSPS) is 13.3. The third-order valence-electron chi connectivity index (χ3n) is 3.40. The van der Waals surface area contributed by atoms with Crippen molar-refractivity contribution in [3.8, 4) is 0 Å². The molecular formula is C18H19NO6S. The minimum absolute atomic E-state index is 0.106. The molecule has 8 heteroatoms. The average Bonchev–Trinajstić information content (AvgIpc) is 3.12. The molecule has 7 nitrogen and oxygen atoms in total. The molecule has 0 aliphatic rings. The fraction of sp³-hybridized carbons (Fsp3) is 0.222. The molecule has 2 unspecified atom stereocenters. The Bertz CT molecular complexity index is 758. The van der Waals surface area contributed by atoms with Crippen LogP contribution in [0.1, 0.15) is 22.1 Å². The van der Waals surface area contributed by atoms with Crippen LogP contribution in [0, 0.1) is 0 Å². The van der Waals surface area contributed by atoms with Crippen molar-refractivity contribution >= 4 is 29.5 Å². The maximum atomic E-state index is 11.6. The second-order valence-corrected chi connectivity index (χ2v) is 6.35. The van der Waals surface area contributed by atoms with Crippen molar-refractivity contribution in [3.05, 3.63) is 63.9 Å². The van der Waals surface area contributed by atoms with Crippen molar-refractivity contribution < 1.29 is 29.6 Å². The Balaban J connectivity index is 1.78. The number of nitrogens with one attached hydrogen (secondary N) is 1. The summed E-state index contributed by atoms with van der Waals surface area (Å²) in [4.78, 5) is 22.8. The third kappa shape index (κ3) is 6.32. The highest BCUT2D eigenvalue weighted by atomic mass is 32.1. The lowest BCUT2D eigenvalue weighted by molar-refractivity contribution is -0.131. The van der Waals surface area contributed by atoms with E-state index in [-0.39, 0.29) is 13.2 Å². The van der Waals surface area contributed by atoms with Gasteiger partial charge in [0.15, 0.2) is 0 Å². The largest absolute Gasteiger partial charge is 0.478 e. The van der Waals surface area contributed by atoms with Gasteiger partial charge in [-0.3, -0.25) is 0 Å². The van der Waals surface area contributed by atoms with Crippen LogP contribution < -0.4 is 5.32 Å². The Morgan fingerprint density at radius 1 is 1.23 bits per heavy atom. The van der Waals surface area contributed by atoms with Gasteiger partial charge in [0.1, 0.15) is 18.8 Å². The van der Waals surface area contributed by atoms with E-state index in [1.807, 2.05) is 30.3 Å². The number of rotatable bonds is 8. The number of carbonyl (C=O) groups is 2. The summed E-state index contributed by atoms with van der Waals surface area (Å²) in [5.74, 6) is -1.07. The van der Waals surface area contributed by atoms with Crippen LogP contribution in [0.5, 0.6) is 0 Å². The number of aliphatic carboxylic acids is 1. The predicted molar refractivity (Wildman–Crippen MR) is 96.6 cm³/mol. The van der Waals surface area contributed by atoms with Gasteiger partial charge in [-0.1, -0.05) is 30.3 Å². The van der Waals surface area contributed by atoms with Crippen LogP contribution in [0.2, 0.25) is 0 Å². The summed E-state index contributed by atoms with van der Waals surface area (Å²) in [6, 6.07) is 10.7. The topological polar surface area (TPSA) is 116 Å².